The quantitative estimate of drug-likeness (QED) is 0.499. The van der Waals surface area contributed by atoms with E-state index >= 15 is 0 Å². The first-order chi connectivity index (χ1) is 9.83. The zero-order valence-corrected chi connectivity index (χ0v) is 12.7. The van der Waals surface area contributed by atoms with Gasteiger partial charge in [0.15, 0.2) is 0 Å². The summed E-state index contributed by atoms with van der Waals surface area (Å²) in [5.74, 6) is -20.0. The van der Waals surface area contributed by atoms with Crippen molar-refractivity contribution in [2.24, 2.45) is 0 Å². The number of rotatable bonds is 7. The maximum absolute atomic E-state index is 13.6. The zero-order valence-electron chi connectivity index (χ0n) is 11.8. The normalized spacial score (nSPS) is 15.9. The Labute approximate surface area is 125 Å². The Kier molecular flexibility index (Phi) is 5.98. The highest BCUT2D eigenvalue weighted by molar-refractivity contribution is 7.53. The fraction of sp³-hybridized carbons (Fsp3) is 1.00. The molecule has 0 unspecified atom stereocenters. The average Bonchev–Trinajstić information content (AvgIpc) is 2.32. The van der Waals surface area contributed by atoms with E-state index in [0.29, 0.717) is 0 Å². The molecule has 0 heterocycles. The van der Waals surface area contributed by atoms with Gasteiger partial charge >= 0.3 is 31.5 Å². The summed E-state index contributed by atoms with van der Waals surface area (Å²) in [7, 11) is -5.51. The van der Waals surface area contributed by atoms with E-state index in [4.69, 9.17) is 9.79 Å². The van der Waals surface area contributed by atoms with E-state index in [9.17, 15) is 44.1 Å². The fourth-order valence-corrected chi connectivity index (χ4v) is 3.18. The minimum atomic E-state index is -7.08. The van der Waals surface area contributed by atoms with Crippen molar-refractivity contribution in [3.05, 3.63) is 0 Å². The molecule has 0 aliphatic rings. The third kappa shape index (κ3) is 3.63. The Balaban J connectivity index is 6.03. The standard InChI is InChI=1S/C10H14F9O3P/c1-3-6(4-2,23(20,21)22)5-7(11,12)8(13,14)9(15,16)10(17,18)19/h3-5H2,1-2H3,(H2,20,21,22). The molecule has 0 saturated carbocycles. The maximum atomic E-state index is 13.6. The van der Waals surface area contributed by atoms with E-state index < -0.39 is 56.0 Å². The van der Waals surface area contributed by atoms with Gasteiger partial charge in [-0.2, -0.15) is 39.5 Å². The molecule has 23 heavy (non-hydrogen) atoms. The molecular formula is C10H14F9O3P. The van der Waals surface area contributed by atoms with Crippen molar-refractivity contribution in [3.8, 4) is 0 Å². The van der Waals surface area contributed by atoms with Crippen LogP contribution in [0, 0.1) is 0 Å². The second-order valence-corrected chi connectivity index (χ2v) is 7.04. The summed E-state index contributed by atoms with van der Waals surface area (Å²) >= 11 is 0. The summed E-state index contributed by atoms with van der Waals surface area (Å²) in [5.41, 5.74) is 0. The fourth-order valence-electron chi connectivity index (χ4n) is 1.95. The van der Waals surface area contributed by atoms with Crippen molar-refractivity contribution in [1.29, 1.82) is 0 Å². The van der Waals surface area contributed by atoms with Crippen LogP contribution in [0.4, 0.5) is 39.5 Å². The molecule has 0 rings (SSSR count). The monoisotopic (exact) mass is 384 g/mol. The molecule has 0 saturated heterocycles. The zero-order chi connectivity index (χ0) is 19.1. The molecule has 0 radical (unpaired) electrons. The molecule has 13 heteroatoms. The van der Waals surface area contributed by atoms with Crippen LogP contribution in [0.2, 0.25) is 0 Å². The van der Waals surface area contributed by atoms with E-state index in [1.54, 1.807) is 0 Å². The van der Waals surface area contributed by atoms with Crippen molar-refractivity contribution in [1.82, 2.24) is 0 Å². The Hall–Kier alpha value is -0.480. The van der Waals surface area contributed by atoms with E-state index in [1.165, 1.54) is 0 Å². The van der Waals surface area contributed by atoms with Crippen LogP contribution in [-0.4, -0.2) is 38.9 Å². The van der Waals surface area contributed by atoms with E-state index in [0.717, 1.165) is 13.8 Å². The number of hydrogen-bond acceptors (Lipinski definition) is 1. The first-order valence-corrected chi connectivity index (χ1v) is 7.70. The van der Waals surface area contributed by atoms with Gasteiger partial charge in [0.05, 0.1) is 5.16 Å². The number of hydrogen-bond donors (Lipinski definition) is 2. The van der Waals surface area contributed by atoms with Gasteiger partial charge in [-0.05, 0) is 12.8 Å². The molecule has 140 valence electrons. The number of halogens is 9. The molecule has 0 amide bonds. The van der Waals surface area contributed by atoms with Crippen molar-refractivity contribution in [2.45, 2.75) is 62.2 Å². The molecule has 0 spiro atoms. The van der Waals surface area contributed by atoms with E-state index in [-0.39, 0.29) is 0 Å². The van der Waals surface area contributed by atoms with E-state index in [1.807, 2.05) is 0 Å². The highest BCUT2D eigenvalue weighted by Crippen LogP contribution is 2.62. The van der Waals surface area contributed by atoms with Gasteiger partial charge in [-0.3, -0.25) is 4.57 Å². The molecule has 0 aromatic heterocycles. The maximum Gasteiger partial charge on any atom is 0.460 e. The third-order valence-electron chi connectivity index (χ3n) is 3.69. The van der Waals surface area contributed by atoms with Crippen LogP contribution in [0.15, 0.2) is 0 Å². The van der Waals surface area contributed by atoms with Crippen LogP contribution in [0.3, 0.4) is 0 Å². The van der Waals surface area contributed by atoms with Crippen molar-refractivity contribution in [2.75, 3.05) is 0 Å². The molecule has 0 bridgehead atoms. The van der Waals surface area contributed by atoms with Crippen LogP contribution >= 0.6 is 7.60 Å². The van der Waals surface area contributed by atoms with Gasteiger partial charge in [0, 0.05) is 6.42 Å². The summed E-state index contributed by atoms with van der Waals surface area (Å²) in [6, 6.07) is 0. The second kappa shape index (κ2) is 6.11. The highest BCUT2D eigenvalue weighted by atomic mass is 31.2. The minimum Gasteiger partial charge on any atom is -0.324 e. The average molecular weight is 384 g/mol. The van der Waals surface area contributed by atoms with Crippen LogP contribution in [0.1, 0.15) is 33.1 Å². The van der Waals surface area contributed by atoms with Crippen molar-refractivity contribution in [3.63, 3.8) is 0 Å². The highest BCUT2D eigenvalue weighted by Gasteiger charge is 2.82. The first-order valence-electron chi connectivity index (χ1n) is 6.09. The lowest BCUT2D eigenvalue weighted by molar-refractivity contribution is -0.397. The first kappa shape index (κ1) is 22.5. The molecule has 0 atom stereocenters. The lowest BCUT2D eigenvalue weighted by Gasteiger charge is -2.40. The topological polar surface area (TPSA) is 57.5 Å². The third-order valence-corrected chi connectivity index (χ3v) is 5.72. The molecule has 2 N–H and O–H groups in total. The predicted molar refractivity (Wildman–Crippen MR) is 60.9 cm³/mol. The molecule has 0 fully saturated rings. The minimum absolute atomic E-state index is 0.836. The van der Waals surface area contributed by atoms with E-state index in [2.05, 4.69) is 0 Å². The van der Waals surface area contributed by atoms with Gasteiger partial charge in [0.25, 0.3) is 0 Å². The van der Waals surface area contributed by atoms with Crippen LogP contribution in [-0.2, 0) is 4.57 Å². The molecule has 3 nitrogen and oxygen atoms in total. The van der Waals surface area contributed by atoms with Crippen molar-refractivity contribution >= 4 is 7.60 Å². The van der Waals surface area contributed by atoms with Gasteiger partial charge in [-0.15, -0.1) is 0 Å². The predicted octanol–water partition coefficient (Wildman–Crippen LogP) is 4.58. The molecule has 0 aliphatic heterocycles. The summed E-state index contributed by atoms with van der Waals surface area (Å²) < 4.78 is 126. The summed E-state index contributed by atoms with van der Waals surface area (Å²) in [6.45, 7) is 1.83. The largest absolute Gasteiger partial charge is 0.460 e. The summed E-state index contributed by atoms with van der Waals surface area (Å²) in [4.78, 5) is 18.1. The molecule has 0 aliphatic carbocycles. The van der Waals surface area contributed by atoms with Gasteiger partial charge in [0.1, 0.15) is 0 Å². The van der Waals surface area contributed by atoms with Crippen LogP contribution in [0.25, 0.3) is 0 Å². The SMILES string of the molecule is CCC(CC)(CC(F)(F)C(F)(F)C(F)(F)C(F)(F)F)P(=O)(O)O. The lowest BCUT2D eigenvalue weighted by Crippen LogP contribution is -2.62. The Morgan fingerprint density at radius 2 is 1.13 bits per heavy atom. The van der Waals surface area contributed by atoms with Crippen LogP contribution in [0.5, 0.6) is 0 Å². The van der Waals surface area contributed by atoms with Gasteiger partial charge in [0.2, 0.25) is 0 Å². The lowest BCUT2D eigenvalue weighted by atomic mass is 9.89. The molecule has 0 aromatic carbocycles. The molecular weight excluding hydrogens is 370 g/mol. The Morgan fingerprint density at radius 3 is 1.35 bits per heavy atom. The van der Waals surface area contributed by atoms with Gasteiger partial charge in [-0.25, -0.2) is 0 Å². The Morgan fingerprint density at radius 1 is 0.783 bits per heavy atom. The van der Waals surface area contributed by atoms with Gasteiger partial charge in [-0.1, -0.05) is 13.8 Å². The second-order valence-electron chi connectivity index (χ2n) is 5.00. The number of alkyl halides is 9. The summed E-state index contributed by atoms with van der Waals surface area (Å²) in [6.07, 6.45) is -11.2. The molecule has 0 aromatic rings. The van der Waals surface area contributed by atoms with Gasteiger partial charge < -0.3 is 9.79 Å². The Bertz CT molecular complexity index is 465. The van der Waals surface area contributed by atoms with Crippen LogP contribution < -0.4 is 0 Å². The van der Waals surface area contributed by atoms with Crippen molar-refractivity contribution < 1.29 is 53.9 Å². The summed E-state index contributed by atoms with van der Waals surface area (Å²) in [5, 5.41) is -2.86. The smallest absolute Gasteiger partial charge is 0.324 e.